The van der Waals surface area contributed by atoms with E-state index < -0.39 is 58.5 Å². The first-order chi connectivity index (χ1) is 10.7. The monoisotopic (exact) mass is 340 g/mol. The zero-order valence-electron chi connectivity index (χ0n) is 11.9. The molecule has 2 aliphatic heterocycles. The Kier molecular flexibility index (Phi) is 3.34. The van der Waals surface area contributed by atoms with Crippen molar-refractivity contribution in [2.75, 3.05) is 5.75 Å². The number of β-lactam (4-membered cyclic amide) rings is 1. The standard InChI is InChI=1S/C13H12N2O7S/c1-4(16)22-13(6(17)2-7(13)18)5-3-23-11-8(14)10(19)15(11)9(5)12(20)21/h8,11H,2-3,14H2,1H3,(H,20,21)/t8-,11-/m1/s1. The van der Waals surface area contributed by atoms with E-state index in [4.69, 9.17) is 10.5 Å². The fourth-order valence-corrected chi connectivity index (χ4v) is 4.32. The lowest BCUT2D eigenvalue weighted by atomic mass is 9.71. The molecule has 2 atom stereocenters. The van der Waals surface area contributed by atoms with Crippen molar-refractivity contribution in [3.05, 3.63) is 11.3 Å². The Morgan fingerprint density at radius 3 is 2.43 bits per heavy atom. The molecular formula is C13H12N2O7S. The number of amides is 1. The minimum Gasteiger partial charge on any atom is -0.477 e. The number of carboxylic acids is 1. The van der Waals surface area contributed by atoms with Crippen LogP contribution >= 0.6 is 11.8 Å². The van der Waals surface area contributed by atoms with Gasteiger partial charge in [-0.15, -0.1) is 11.8 Å². The van der Waals surface area contributed by atoms with Gasteiger partial charge in [0, 0.05) is 18.2 Å². The molecule has 23 heavy (non-hydrogen) atoms. The van der Waals surface area contributed by atoms with Crippen LogP contribution in [0.3, 0.4) is 0 Å². The summed E-state index contributed by atoms with van der Waals surface area (Å²) >= 11 is 1.12. The lowest BCUT2D eigenvalue weighted by Crippen LogP contribution is -2.71. The van der Waals surface area contributed by atoms with Crippen LogP contribution in [0.15, 0.2) is 11.3 Å². The molecule has 122 valence electrons. The molecule has 2 fully saturated rings. The summed E-state index contributed by atoms with van der Waals surface area (Å²) in [5.41, 5.74) is 2.73. The summed E-state index contributed by atoms with van der Waals surface area (Å²) in [4.78, 5) is 59.9. The molecule has 0 radical (unpaired) electrons. The number of ether oxygens (including phenoxy) is 1. The molecule has 1 saturated heterocycles. The maximum absolute atomic E-state index is 12.1. The van der Waals surface area contributed by atoms with E-state index in [0.29, 0.717) is 0 Å². The van der Waals surface area contributed by atoms with Crippen LogP contribution in [0.4, 0.5) is 0 Å². The molecule has 0 aromatic rings. The molecule has 0 bridgehead atoms. The van der Waals surface area contributed by atoms with Gasteiger partial charge in [-0.2, -0.15) is 0 Å². The van der Waals surface area contributed by atoms with Gasteiger partial charge < -0.3 is 15.6 Å². The van der Waals surface area contributed by atoms with Crippen molar-refractivity contribution in [1.29, 1.82) is 0 Å². The van der Waals surface area contributed by atoms with E-state index in [1.54, 1.807) is 0 Å². The SMILES string of the molecule is CC(=O)OC1(C2=C(C(=O)O)N3C(=O)[C@@H](N)[C@H]3SC2)C(=O)CC1=O. The second-order valence-electron chi connectivity index (χ2n) is 5.37. The summed E-state index contributed by atoms with van der Waals surface area (Å²) in [7, 11) is 0. The van der Waals surface area contributed by atoms with Gasteiger partial charge in [-0.3, -0.25) is 24.1 Å². The minimum atomic E-state index is -2.22. The van der Waals surface area contributed by atoms with Gasteiger partial charge in [0.1, 0.15) is 17.1 Å². The fourth-order valence-electron chi connectivity index (χ4n) is 2.96. The first-order valence-electron chi connectivity index (χ1n) is 6.65. The second kappa shape index (κ2) is 4.90. The number of Topliss-reactive ketones (excluding diaryl/α,β-unsaturated/α-hetero) is 2. The van der Waals surface area contributed by atoms with E-state index in [9.17, 15) is 29.1 Å². The number of esters is 1. The highest BCUT2D eigenvalue weighted by molar-refractivity contribution is 8.00. The van der Waals surface area contributed by atoms with Gasteiger partial charge >= 0.3 is 11.9 Å². The van der Waals surface area contributed by atoms with Gasteiger partial charge in [0.2, 0.25) is 5.91 Å². The Morgan fingerprint density at radius 2 is 1.96 bits per heavy atom. The predicted molar refractivity (Wildman–Crippen MR) is 74.9 cm³/mol. The molecule has 10 heteroatoms. The zero-order valence-corrected chi connectivity index (χ0v) is 12.7. The number of fused-ring (bicyclic) bond motifs is 1. The molecule has 3 rings (SSSR count). The summed E-state index contributed by atoms with van der Waals surface area (Å²) in [6, 6.07) is -0.839. The lowest BCUT2D eigenvalue weighted by Gasteiger charge is -2.50. The Bertz CT molecular complexity index is 699. The van der Waals surface area contributed by atoms with Crippen molar-refractivity contribution in [3.63, 3.8) is 0 Å². The quantitative estimate of drug-likeness (QED) is 0.353. The number of nitrogens with zero attached hydrogens (tertiary/aromatic N) is 1. The Balaban J connectivity index is 2.16. The molecular weight excluding hydrogens is 328 g/mol. The van der Waals surface area contributed by atoms with Crippen LogP contribution in [-0.4, -0.2) is 62.2 Å². The summed E-state index contributed by atoms with van der Waals surface area (Å²) in [6.45, 7) is 1.02. The van der Waals surface area contributed by atoms with Crippen LogP contribution in [-0.2, 0) is 28.7 Å². The van der Waals surface area contributed by atoms with Crippen LogP contribution < -0.4 is 5.73 Å². The largest absolute Gasteiger partial charge is 0.477 e. The topological polar surface area (TPSA) is 144 Å². The third kappa shape index (κ3) is 1.88. The van der Waals surface area contributed by atoms with Crippen molar-refractivity contribution in [2.24, 2.45) is 5.73 Å². The van der Waals surface area contributed by atoms with Gasteiger partial charge in [-0.05, 0) is 0 Å². The molecule has 0 aromatic carbocycles. The normalized spacial score (nSPS) is 28.8. The van der Waals surface area contributed by atoms with Gasteiger partial charge in [0.15, 0.2) is 11.6 Å². The average molecular weight is 340 g/mol. The minimum absolute atomic E-state index is 0.0471. The number of aliphatic carboxylic acids is 1. The van der Waals surface area contributed by atoms with Crippen molar-refractivity contribution in [1.82, 2.24) is 4.90 Å². The highest BCUT2D eigenvalue weighted by atomic mass is 32.2. The number of ketones is 2. The van der Waals surface area contributed by atoms with Crippen molar-refractivity contribution in [3.8, 4) is 0 Å². The molecule has 9 nitrogen and oxygen atoms in total. The smallest absolute Gasteiger partial charge is 0.352 e. The molecule has 1 saturated carbocycles. The summed E-state index contributed by atoms with van der Waals surface area (Å²) in [5, 5.41) is 8.89. The fraction of sp³-hybridized carbons (Fsp3) is 0.462. The molecule has 3 N–H and O–H groups in total. The van der Waals surface area contributed by atoms with Crippen LogP contribution in [0.2, 0.25) is 0 Å². The highest BCUT2D eigenvalue weighted by Crippen LogP contribution is 2.47. The Morgan fingerprint density at radius 1 is 1.35 bits per heavy atom. The molecule has 1 aliphatic carbocycles. The van der Waals surface area contributed by atoms with Crippen molar-refractivity contribution < 1.29 is 33.8 Å². The first kappa shape index (κ1) is 15.7. The molecule has 0 spiro atoms. The van der Waals surface area contributed by atoms with E-state index in [2.05, 4.69) is 0 Å². The van der Waals surface area contributed by atoms with Gasteiger partial charge in [0.05, 0.1) is 6.42 Å². The third-order valence-electron chi connectivity index (χ3n) is 4.04. The number of carbonyl (C=O) groups is 5. The van der Waals surface area contributed by atoms with Crippen LogP contribution in [0.1, 0.15) is 13.3 Å². The van der Waals surface area contributed by atoms with E-state index >= 15 is 0 Å². The van der Waals surface area contributed by atoms with Crippen LogP contribution in [0.25, 0.3) is 0 Å². The molecule has 0 aromatic heterocycles. The Hall–Kier alpha value is -2.20. The van der Waals surface area contributed by atoms with Gasteiger partial charge in [-0.25, -0.2) is 4.79 Å². The number of carboxylic acid groups (broad SMARTS) is 1. The lowest BCUT2D eigenvalue weighted by molar-refractivity contribution is -0.176. The van der Waals surface area contributed by atoms with Crippen LogP contribution in [0.5, 0.6) is 0 Å². The summed E-state index contributed by atoms with van der Waals surface area (Å²) < 4.78 is 4.95. The van der Waals surface area contributed by atoms with E-state index in [1.165, 1.54) is 0 Å². The maximum atomic E-state index is 12.1. The number of rotatable bonds is 3. The second-order valence-corrected chi connectivity index (χ2v) is 6.47. The number of thioether (sulfide) groups is 1. The first-order valence-corrected chi connectivity index (χ1v) is 7.70. The van der Waals surface area contributed by atoms with Crippen molar-refractivity contribution >= 4 is 41.2 Å². The molecule has 0 unspecified atom stereocenters. The molecule has 1 amide bonds. The predicted octanol–water partition coefficient (Wildman–Crippen LogP) is -1.59. The third-order valence-corrected chi connectivity index (χ3v) is 5.34. The number of nitrogens with two attached hydrogens (primary N) is 1. The summed E-state index contributed by atoms with van der Waals surface area (Å²) in [6.07, 6.45) is -0.439. The van der Waals surface area contributed by atoms with Crippen LogP contribution in [0, 0.1) is 0 Å². The highest BCUT2D eigenvalue weighted by Gasteiger charge is 2.65. The number of hydrogen-bond acceptors (Lipinski definition) is 8. The zero-order chi connectivity index (χ0) is 17.1. The summed E-state index contributed by atoms with van der Waals surface area (Å²) in [5.74, 6) is -4.42. The average Bonchev–Trinajstić information content (AvgIpc) is 2.50. The number of hydrogen-bond donors (Lipinski definition) is 2. The molecule has 2 heterocycles. The maximum Gasteiger partial charge on any atom is 0.352 e. The molecule has 3 aliphatic rings. The van der Waals surface area contributed by atoms with E-state index in [0.717, 1.165) is 23.6 Å². The van der Waals surface area contributed by atoms with Crippen molar-refractivity contribution in [2.45, 2.75) is 30.4 Å². The van der Waals surface area contributed by atoms with Gasteiger partial charge in [0.25, 0.3) is 5.60 Å². The van der Waals surface area contributed by atoms with Gasteiger partial charge in [-0.1, -0.05) is 0 Å². The van der Waals surface area contributed by atoms with E-state index in [-0.39, 0.29) is 11.3 Å². The number of carbonyl (C=O) groups excluding carboxylic acids is 4. The Labute approximate surface area is 133 Å². The van der Waals surface area contributed by atoms with E-state index in [1.807, 2.05) is 0 Å².